The van der Waals surface area contributed by atoms with Crippen molar-refractivity contribution in [1.29, 1.82) is 0 Å². The highest BCUT2D eigenvalue weighted by molar-refractivity contribution is 5.98. The van der Waals surface area contributed by atoms with E-state index in [4.69, 9.17) is 0 Å². The van der Waals surface area contributed by atoms with Crippen LogP contribution in [0.25, 0.3) is 0 Å². The molecule has 0 heterocycles. The van der Waals surface area contributed by atoms with Gasteiger partial charge < -0.3 is 16.0 Å². The molecule has 0 aliphatic carbocycles. The third-order valence-electron chi connectivity index (χ3n) is 2.73. The number of carbonyl (C=O) groups is 2. The zero-order valence-corrected chi connectivity index (χ0v) is 11.4. The molecule has 0 saturated heterocycles. The van der Waals surface area contributed by atoms with Crippen molar-refractivity contribution in [2.24, 2.45) is 0 Å². The molecule has 3 N–H and O–H groups in total. The zero-order valence-electron chi connectivity index (χ0n) is 11.4. The summed E-state index contributed by atoms with van der Waals surface area (Å²) in [5.74, 6) is -1.19. The predicted octanol–water partition coefficient (Wildman–Crippen LogP) is 1.72. The van der Waals surface area contributed by atoms with E-state index in [2.05, 4.69) is 16.0 Å². The van der Waals surface area contributed by atoms with E-state index in [1.54, 1.807) is 20.9 Å². The minimum atomic E-state index is -0.823. The number of likely N-dealkylation sites (N-methyl/N-ethyl adjacent to an activating group) is 1. The summed E-state index contributed by atoms with van der Waals surface area (Å²) >= 11 is 0. The number of hydrogen-bond donors (Lipinski definition) is 3. The molecule has 1 aromatic rings. The lowest BCUT2D eigenvalue weighted by atomic mass is 10.1. The second kappa shape index (κ2) is 5.79. The number of hydrogen-bond acceptors (Lipinski definition) is 3. The summed E-state index contributed by atoms with van der Waals surface area (Å²) in [6, 6.07) is 3.99. The Balaban J connectivity index is 2.94. The van der Waals surface area contributed by atoms with Gasteiger partial charge in [-0.1, -0.05) is 0 Å². The van der Waals surface area contributed by atoms with Crippen molar-refractivity contribution in [3.05, 3.63) is 24.0 Å². The summed E-state index contributed by atoms with van der Waals surface area (Å²) in [6.45, 7) is 4.71. The third kappa shape index (κ3) is 4.03. The molecule has 0 radical (unpaired) electrons. The maximum Gasteiger partial charge on any atom is 0.244 e. The van der Waals surface area contributed by atoms with Crippen LogP contribution in [0.3, 0.4) is 0 Å². The van der Waals surface area contributed by atoms with Crippen LogP contribution in [0.1, 0.15) is 20.8 Å². The number of anilines is 2. The standard InChI is InChI=1S/C13H18FN3O2/c1-8(18)16-9-5-6-10(14)11(7-9)17-12(19)13(2,3)15-4/h5-7,15H,1-4H3,(H,16,18)(H,17,19). The number of carbonyl (C=O) groups excluding carboxylic acids is 2. The molecule has 19 heavy (non-hydrogen) atoms. The summed E-state index contributed by atoms with van der Waals surface area (Å²) in [4.78, 5) is 22.9. The van der Waals surface area contributed by atoms with Gasteiger partial charge in [0.2, 0.25) is 11.8 Å². The maximum atomic E-state index is 13.6. The normalized spacial score (nSPS) is 11.0. The van der Waals surface area contributed by atoms with Gasteiger partial charge in [-0.25, -0.2) is 4.39 Å². The van der Waals surface area contributed by atoms with Crippen molar-refractivity contribution in [1.82, 2.24) is 5.32 Å². The molecule has 5 nitrogen and oxygen atoms in total. The number of halogens is 1. The molecule has 6 heteroatoms. The lowest BCUT2D eigenvalue weighted by Gasteiger charge is -2.23. The Morgan fingerprint density at radius 2 is 1.84 bits per heavy atom. The average Bonchev–Trinajstić information content (AvgIpc) is 2.32. The van der Waals surface area contributed by atoms with Crippen LogP contribution in [0, 0.1) is 5.82 Å². The van der Waals surface area contributed by atoms with Gasteiger partial charge in [-0.05, 0) is 39.1 Å². The fourth-order valence-electron chi connectivity index (χ4n) is 1.29. The van der Waals surface area contributed by atoms with Crippen LogP contribution in [0.5, 0.6) is 0 Å². The molecule has 0 atom stereocenters. The van der Waals surface area contributed by atoms with Gasteiger partial charge in [-0.15, -0.1) is 0 Å². The van der Waals surface area contributed by atoms with Gasteiger partial charge >= 0.3 is 0 Å². The highest BCUT2D eigenvalue weighted by atomic mass is 19.1. The molecular formula is C13H18FN3O2. The molecule has 2 amide bonds. The van der Waals surface area contributed by atoms with Crippen LogP contribution in [0.4, 0.5) is 15.8 Å². The van der Waals surface area contributed by atoms with Crippen LogP contribution in [0.2, 0.25) is 0 Å². The van der Waals surface area contributed by atoms with E-state index in [9.17, 15) is 14.0 Å². The summed E-state index contributed by atoms with van der Waals surface area (Å²) < 4.78 is 13.6. The van der Waals surface area contributed by atoms with Crippen LogP contribution in [0.15, 0.2) is 18.2 Å². The second-order valence-electron chi connectivity index (χ2n) is 4.70. The summed E-state index contributed by atoms with van der Waals surface area (Å²) in [5, 5.41) is 7.84. The number of benzene rings is 1. The molecular weight excluding hydrogens is 249 g/mol. The minimum Gasteiger partial charge on any atom is -0.326 e. The van der Waals surface area contributed by atoms with Crippen molar-refractivity contribution < 1.29 is 14.0 Å². The van der Waals surface area contributed by atoms with E-state index in [0.717, 1.165) is 0 Å². The molecule has 0 aromatic heterocycles. The van der Waals surface area contributed by atoms with Crippen molar-refractivity contribution in [2.45, 2.75) is 26.3 Å². The van der Waals surface area contributed by atoms with Gasteiger partial charge in [0.15, 0.2) is 0 Å². The van der Waals surface area contributed by atoms with Gasteiger partial charge in [0.05, 0.1) is 11.2 Å². The van der Waals surface area contributed by atoms with Crippen molar-refractivity contribution in [3.63, 3.8) is 0 Å². The molecule has 1 rings (SSSR count). The van der Waals surface area contributed by atoms with Gasteiger partial charge in [0.1, 0.15) is 5.82 Å². The molecule has 0 unspecified atom stereocenters. The van der Waals surface area contributed by atoms with E-state index in [1.165, 1.54) is 25.1 Å². The summed E-state index contributed by atoms with van der Waals surface area (Å²) in [7, 11) is 1.64. The Labute approximate surface area is 111 Å². The van der Waals surface area contributed by atoms with E-state index < -0.39 is 11.4 Å². The van der Waals surface area contributed by atoms with E-state index in [0.29, 0.717) is 5.69 Å². The Kier molecular flexibility index (Phi) is 4.61. The van der Waals surface area contributed by atoms with E-state index in [1.807, 2.05) is 0 Å². The van der Waals surface area contributed by atoms with Gasteiger partial charge in [-0.2, -0.15) is 0 Å². The number of nitrogens with one attached hydrogen (secondary N) is 3. The zero-order chi connectivity index (χ0) is 14.6. The van der Waals surface area contributed by atoms with E-state index >= 15 is 0 Å². The van der Waals surface area contributed by atoms with Crippen molar-refractivity contribution >= 4 is 23.2 Å². The first-order chi connectivity index (χ1) is 8.76. The van der Waals surface area contributed by atoms with Crippen molar-refractivity contribution in [3.8, 4) is 0 Å². The lowest BCUT2D eigenvalue weighted by Crippen LogP contribution is -2.48. The fourth-order valence-corrected chi connectivity index (χ4v) is 1.29. The Hall–Kier alpha value is -1.95. The van der Waals surface area contributed by atoms with Gasteiger partial charge in [0, 0.05) is 12.6 Å². The highest BCUT2D eigenvalue weighted by Crippen LogP contribution is 2.20. The molecule has 0 spiro atoms. The van der Waals surface area contributed by atoms with Crippen LogP contribution in [-0.2, 0) is 9.59 Å². The molecule has 104 valence electrons. The second-order valence-corrected chi connectivity index (χ2v) is 4.70. The van der Waals surface area contributed by atoms with Crippen LogP contribution < -0.4 is 16.0 Å². The number of amides is 2. The maximum absolute atomic E-state index is 13.6. The lowest BCUT2D eigenvalue weighted by molar-refractivity contribution is -0.121. The first-order valence-corrected chi connectivity index (χ1v) is 5.84. The molecule has 0 aliphatic heterocycles. The quantitative estimate of drug-likeness (QED) is 0.778. The highest BCUT2D eigenvalue weighted by Gasteiger charge is 2.25. The third-order valence-corrected chi connectivity index (χ3v) is 2.73. The molecule has 0 bridgehead atoms. The summed E-state index contributed by atoms with van der Waals surface area (Å²) in [5.41, 5.74) is -0.373. The van der Waals surface area contributed by atoms with Crippen molar-refractivity contribution in [2.75, 3.05) is 17.7 Å². The van der Waals surface area contributed by atoms with E-state index in [-0.39, 0.29) is 17.5 Å². The van der Waals surface area contributed by atoms with Gasteiger partial charge in [0.25, 0.3) is 0 Å². The Morgan fingerprint density at radius 3 is 2.37 bits per heavy atom. The smallest absolute Gasteiger partial charge is 0.244 e. The molecule has 1 aromatic carbocycles. The SMILES string of the molecule is CNC(C)(C)C(=O)Nc1cc(NC(C)=O)ccc1F. The molecule has 0 aliphatic rings. The first-order valence-electron chi connectivity index (χ1n) is 5.84. The number of rotatable bonds is 4. The largest absolute Gasteiger partial charge is 0.326 e. The fraction of sp³-hybridized carbons (Fsp3) is 0.385. The summed E-state index contributed by atoms with van der Waals surface area (Å²) in [6.07, 6.45) is 0. The topological polar surface area (TPSA) is 70.2 Å². The van der Waals surface area contributed by atoms with Crippen LogP contribution >= 0.6 is 0 Å². The molecule has 0 fully saturated rings. The molecule has 0 saturated carbocycles. The van der Waals surface area contributed by atoms with Gasteiger partial charge in [-0.3, -0.25) is 9.59 Å². The first kappa shape index (κ1) is 15.1. The Morgan fingerprint density at radius 1 is 1.21 bits per heavy atom. The predicted molar refractivity (Wildman–Crippen MR) is 72.5 cm³/mol. The minimum absolute atomic E-state index is 0.0274. The monoisotopic (exact) mass is 267 g/mol. The van der Waals surface area contributed by atoms with Crippen LogP contribution in [-0.4, -0.2) is 24.4 Å². The average molecular weight is 267 g/mol. The Bertz CT molecular complexity index is 501.